The largest absolute Gasteiger partial charge is 0.471 e. The van der Waals surface area contributed by atoms with E-state index in [2.05, 4.69) is 6.92 Å². The zero-order valence-electron chi connectivity index (χ0n) is 19.0. The number of amides is 1. The normalized spacial score (nSPS) is 12.6. The molecule has 1 amide bonds. The first-order valence-corrected chi connectivity index (χ1v) is 11.9. The van der Waals surface area contributed by atoms with Crippen molar-refractivity contribution in [2.45, 2.75) is 129 Å². The van der Waals surface area contributed by atoms with Crippen LogP contribution in [-0.2, 0) is 14.3 Å². The Morgan fingerprint density at radius 3 is 1.57 bits per heavy atom. The van der Waals surface area contributed by atoms with E-state index in [1.54, 1.807) is 12.2 Å². The number of hydrogen-bond donors (Lipinski definition) is 1. The molecule has 1 N–H and O–H groups in total. The number of hydrogen-bond acceptors (Lipinski definition) is 3. The molecule has 0 aliphatic heterocycles. The van der Waals surface area contributed by atoms with Gasteiger partial charge in [0.25, 0.3) is 0 Å². The van der Waals surface area contributed by atoms with Gasteiger partial charge in [0.1, 0.15) is 6.04 Å². The molecule has 0 saturated carbocycles. The molecule has 0 heterocycles. The van der Waals surface area contributed by atoms with Crippen LogP contribution in [0.5, 0.6) is 0 Å². The van der Waals surface area contributed by atoms with E-state index in [0.717, 1.165) is 19.3 Å². The highest BCUT2D eigenvalue weighted by atomic mass is 19.4. The molecule has 0 aromatic carbocycles. The predicted molar refractivity (Wildman–Crippen MR) is 114 cm³/mol. The molecule has 0 fully saturated rings. The van der Waals surface area contributed by atoms with Crippen molar-refractivity contribution in [2.75, 3.05) is 6.61 Å². The number of halogens is 3. The molecular formula is C23H42F3NO3. The lowest BCUT2D eigenvalue weighted by atomic mass is 10.0. The van der Waals surface area contributed by atoms with Crippen LogP contribution in [0.3, 0.4) is 0 Å². The Labute approximate surface area is 180 Å². The number of carbonyl (C=O) groups is 2. The molecule has 7 heteroatoms. The number of rotatable bonds is 19. The van der Waals surface area contributed by atoms with Gasteiger partial charge in [0.15, 0.2) is 0 Å². The van der Waals surface area contributed by atoms with Crippen molar-refractivity contribution in [1.82, 2.24) is 5.32 Å². The van der Waals surface area contributed by atoms with Crippen molar-refractivity contribution in [1.29, 1.82) is 0 Å². The lowest BCUT2D eigenvalue weighted by molar-refractivity contribution is -0.176. The molecule has 4 nitrogen and oxygen atoms in total. The molecule has 0 spiro atoms. The van der Waals surface area contributed by atoms with Gasteiger partial charge in [-0.25, -0.2) is 4.79 Å². The van der Waals surface area contributed by atoms with Gasteiger partial charge in [-0.2, -0.15) is 13.2 Å². The number of esters is 1. The molecule has 1 unspecified atom stereocenters. The Bertz CT molecular complexity index is 442. The first kappa shape index (κ1) is 28.7. The highest BCUT2D eigenvalue weighted by molar-refractivity contribution is 5.87. The first-order valence-electron chi connectivity index (χ1n) is 11.9. The highest BCUT2D eigenvalue weighted by Gasteiger charge is 2.40. The van der Waals surface area contributed by atoms with Gasteiger partial charge in [-0.05, 0) is 12.8 Å². The summed E-state index contributed by atoms with van der Waals surface area (Å²) in [5.41, 5.74) is 0. The molecule has 0 radical (unpaired) electrons. The van der Waals surface area contributed by atoms with Gasteiger partial charge in [0.2, 0.25) is 0 Å². The van der Waals surface area contributed by atoms with Crippen molar-refractivity contribution in [3.8, 4) is 0 Å². The monoisotopic (exact) mass is 437 g/mol. The second kappa shape index (κ2) is 18.5. The molecule has 0 bridgehead atoms. The highest BCUT2D eigenvalue weighted by Crippen LogP contribution is 2.16. The molecule has 0 aliphatic rings. The fourth-order valence-corrected chi connectivity index (χ4v) is 3.35. The zero-order chi connectivity index (χ0) is 22.7. The van der Waals surface area contributed by atoms with Crippen molar-refractivity contribution in [2.24, 2.45) is 0 Å². The van der Waals surface area contributed by atoms with E-state index in [4.69, 9.17) is 4.74 Å². The summed E-state index contributed by atoms with van der Waals surface area (Å²) in [5, 5.41) is 1.72. The summed E-state index contributed by atoms with van der Waals surface area (Å²) in [6.07, 6.45) is 12.6. The Balaban J connectivity index is 3.63. The third-order valence-corrected chi connectivity index (χ3v) is 5.17. The Morgan fingerprint density at radius 1 is 0.733 bits per heavy atom. The summed E-state index contributed by atoms with van der Waals surface area (Å²) in [7, 11) is 0. The molecule has 0 saturated heterocycles. The van der Waals surface area contributed by atoms with Gasteiger partial charge < -0.3 is 10.1 Å². The van der Waals surface area contributed by atoms with Crippen LogP contribution < -0.4 is 5.32 Å². The van der Waals surface area contributed by atoms with Gasteiger partial charge in [-0.1, -0.05) is 104 Å². The summed E-state index contributed by atoms with van der Waals surface area (Å²) < 4.78 is 42.1. The summed E-state index contributed by atoms with van der Waals surface area (Å²) in [6.45, 7) is 4.14. The first-order chi connectivity index (χ1) is 14.3. The third-order valence-electron chi connectivity index (χ3n) is 5.17. The van der Waals surface area contributed by atoms with E-state index in [9.17, 15) is 22.8 Å². The fraction of sp³-hybridized carbons (Fsp3) is 0.913. The minimum absolute atomic E-state index is 0.124. The van der Waals surface area contributed by atoms with Crippen LogP contribution in [0, 0.1) is 0 Å². The lowest BCUT2D eigenvalue weighted by Gasteiger charge is -2.17. The molecule has 0 aliphatic carbocycles. The van der Waals surface area contributed by atoms with E-state index in [0.29, 0.717) is 12.8 Å². The van der Waals surface area contributed by atoms with Crippen LogP contribution in [0.2, 0.25) is 0 Å². The smallest absolute Gasteiger partial charge is 0.464 e. The average molecular weight is 438 g/mol. The van der Waals surface area contributed by atoms with Gasteiger partial charge in [0.05, 0.1) is 6.61 Å². The average Bonchev–Trinajstić information content (AvgIpc) is 2.69. The van der Waals surface area contributed by atoms with Crippen LogP contribution in [0.1, 0.15) is 117 Å². The Hall–Kier alpha value is -1.27. The number of carbonyl (C=O) groups excluding carboxylic acids is 2. The van der Waals surface area contributed by atoms with Crippen LogP contribution >= 0.6 is 0 Å². The lowest BCUT2D eigenvalue weighted by Crippen LogP contribution is -2.47. The number of nitrogens with one attached hydrogen (secondary N) is 1. The molecule has 0 aromatic rings. The van der Waals surface area contributed by atoms with E-state index in [1.807, 2.05) is 0 Å². The van der Waals surface area contributed by atoms with Crippen LogP contribution in [0.25, 0.3) is 0 Å². The maximum atomic E-state index is 12.3. The minimum atomic E-state index is -5.00. The van der Waals surface area contributed by atoms with Gasteiger partial charge in [-0.3, -0.25) is 4.79 Å². The summed E-state index contributed by atoms with van der Waals surface area (Å²) in [6, 6.07) is -1.24. The van der Waals surface area contributed by atoms with E-state index >= 15 is 0 Å². The van der Waals surface area contributed by atoms with E-state index in [1.165, 1.54) is 64.2 Å². The van der Waals surface area contributed by atoms with Crippen LogP contribution in [0.4, 0.5) is 13.2 Å². The topological polar surface area (TPSA) is 55.4 Å². The van der Waals surface area contributed by atoms with Crippen molar-refractivity contribution >= 4 is 11.9 Å². The molecule has 178 valence electrons. The van der Waals surface area contributed by atoms with E-state index < -0.39 is 24.1 Å². The van der Waals surface area contributed by atoms with Crippen molar-refractivity contribution < 1.29 is 27.5 Å². The maximum absolute atomic E-state index is 12.3. The van der Waals surface area contributed by atoms with Crippen molar-refractivity contribution in [3.05, 3.63) is 0 Å². The minimum Gasteiger partial charge on any atom is -0.464 e. The summed E-state index contributed by atoms with van der Waals surface area (Å²) in [4.78, 5) is 22.9. The summed E-state index contributed by atoms with van der Waals surface area (Å²) >= 11 is 0. The second-order valence-corrected chi connectivity index (χ2v) is 8.08. The van der Waals surface area contributed by atoms with Crippen LogP contribution in [0.15, 0.2) is 0 Å². The number of ether oxygens (including phenoxy) is 1. The molecule has 1 atom stereocenters. The Kier molecular flexibility index (Phi) is 17.7. The van der Waals surface area contributed by atoms with Crippen molar-refractivity contribution in [3.63, 3.8) is 0 Å². The molecule has 0 rings (SSSR count). The fourth-order valence-electron chi connectivity index (χ4n) is 3.35. The molecule has 0 aromatic heterocycles. The molecule has 30 heavy (non-hydrogen) atoms. The third kappa shape index (κ3) is 16.5. The standard InChI is InChI=1S/C23H42F3NO3/c1-3-5-6-7-8-9-10-11-12-13-14-15-16-17-19-30-21(28)20(18-4-2)27-22(29)23(24,25)26/h20H,3-19H2,1-2H3,(H,27,29). The predicted octanol–water partition coefficient (Wildman–Crippen LogP) is 6.86. The van der Waals surface area contributed by atoms with Gasteiger partial charge in [-0.15, -0.1) is 0 Å². The van der Waals surface area contributed by atoms with Gasteiger partial charge in [0, 0.05) is 0 Å². The molecular weight excluding hydrogens is 395 g/mol. The SMILES string of the molecule is CCCCCCCCCCCCCCCCOC(=O)C(CCC)NC(=O)C(F)(F)F. The van der Waals surface area contributed by atoms with Gasteiger partial charge >= 0.3 is 18.1 Å². The number of unbranched alkanes of at least 4 members (excludes halogenated alkanes) is 13. The van der Waals surface area contributed by atoms with E-state index in [-0.39, 0.29) is 13.0 Å². The quantitative estimate of drug-likeness (QED) is 0.177. The second-order valence-electron chi connectivity index (χ2n) is 8.08. The Morgan fingerprint density at radius 2 is 1.17 bits per heavy atom. The maximum Gasteiger partial charge on any atom is 0.471 e. The van der Waals surface area contributed by atoms with Crippen LogP contribution in [-0.4, -0.2) is 30.7 Å². The zero-order valence-corrected chi connectivity index (χ0v) is 19.0. The summed E-state index contributed by atoms with van der Waals surface area (Å²) in [5.74, 6) is -2.89. The number of alkyl halides is 3.